The Morgan fingerprint density at radius 1 is 1.05 bits per heavy atom. The van der Waals surface area contributed by atoms with Crippen LogP contribution in [0.15, 0.2) is 59.6 Å². The van der Waals surface area contributed by atoms with Crippen LogP contribution in [0.5, 0.6) is 0 Å². The van der Waals surface area contributed by atoms with Gasteiger partial charge in [0.2, 0.25) is 0 Å². The molecule has 2 aromatic carbocycles. The first-order chi connectivity index (χ1) is 9.70. The molecule has 1 unspecified atom stereocenters. The van der Waals surface area contributed by atoms with E-state index in [2.05, 4.69) is 21.9 Å². The van der Waals surface area contributed by atoms with Crippen molar-refractivity contribution in [3.8, 4) is 11.1 Å². The smallest absolute Gasteiger partial charge is 0.330 e. The number of ether oxygens (including phenoxy) is 1. The topological polar surface area (TPSA) is 38.7 Å². The fourth-order valence-electron chi connectivity index (χ4n) is 1.82. The molecule has 0 fully saturated rings. The Balaban J connectivity index is 2.09. The summed E-state index contributed by atoms with van der Waals surface area (Å²) in [5, 5.41) is 0. The molecule has 102 valence electrons. The van der Waals surface area contributed by atoms with E-state index in [1.54, 1.807) is 13.1 Å². The lowest BCUT2D eigenvalue weighted by Crippen LogP contribution is -2.16. The van der Waals surface area contributed by atoms with Gasteiger partial charge in [0.05, 0.1) is 7.11 Å². The Morgan fingerprint density at radius 2 is 1.65 bits per heavy atom. The zero-order chi connectivity index (χ0) is 14.4. The van der Waals surface area contributed by atoms with Crippen molar-refractivity contribution in [2.45, 2.75) is 13.0 Å². The third-order valence-electron chi connectivity index (χ3n) is 3.01. The molecule has 0 aromatic heterocycles. The number of rotatable bonds is 4. The summed E-state index contributed by atoms with van der Waals surface area (Å²) in [4.78, 5) is 15.4. The number of benzene rings is 2. The minimum atomic E-state index is -0.478. The van der Waals surface area contributed by atoms with Crippen molar-refractivity contribution in [3.63, 3.8) is 0 Å². The quantitative estimate of drug-likeness (QED) is 0.629. The van der Waals surface area contributed by atoms with Gasteiger partial charge in [-0.2, -0.15) is 0 Å². The van der Waals surface area contributed by atoms with Crippen LogP contribution >= 0.6 is 0 Å². The van der Waals surface area contributed by atoms with Crippen LogP contribution in [-0.4, -0.2) is 25.3 Å². The third-order valence-corrected chi connectivity index (χ3v) is 3.01. The summed E-state index contributed by atoms with van der Waals surface area (Å²) in [6.07, 6.45) is 1.69. The lowest BCUT2D eigenvalue weighted by Gasteiger charge is -2.04. The standard InChI is InChI=1S/C17H17NO2/c1-13(17(19)20-2)18-12-14-8-10-16(11-9-14)15-6-4-3-5-7-15/h3-13H,1-2H3. The summed E-state index contributed by atoms with van der Waals surface area (Å²) >= 11 is 0. The predicted molar refractivity (Wildman–Crippen MR) is 81.0 cm³/mol. The summed E-state index contributed by atoms with van der Waals surface area (Å²) in [5.41, 5.74) is 3.29. The lowest BCUT2D eigenvalue weighted by atomic mass is 10.0. The predicted octanol–water partition coefficient (Wildman–Crippen LogP) is 3.33. The molecular weight excluding hydrogens is 250 g/mol. The maximum absolute atomic E-state index is 11.2. The highest BCUT2D eigenvalue weighted by Gasteiger charge is 2.09. The number of nitrogens with zero attached hydrogens (tertiary/aromatic N) is 1. The maximum atomic E-state index is 11.2. The zero-order valence-electron chi connectivity index (χ0n) is 11.6. The van der Waals surface area contributed by atoms with Crippen molar-refractivity contribution in [2.75, 3.05) is 7.11 Å². The number of hydrogen-bond acceptors (Lipinski definition) is 3. The van der Waals surface area contributed by atoms with Gasteiger partial charge in [0.25, 0.3) is 0 Å². The molecule has 2 rings (SSSR count). The molecule has 3 nitrogen and oxygen atoms in total. The molecule has 0 aliphatic rings. The molecule has 1 atom stereocenters. The molecule has 2 aromatic rings. The first-order valence-corrected chi connectivity index (χ1v) is 6.47. The van der Waals surface area contributed by atoms with Crippen molar-refractivity contribution in [1.29, 1.82) is 0 Å². The second-order valence-electron chi connectivity index (χ2n) is 4.47. The maximum Gasteiger partial charge on any atom is 0.330 e. The van der Waals surface area contributed by atoms with E-state index in [9.17, 15) is 4.79 Å². The van der Waals surface area contributed by atoms with E-state index >= 15 is 0 Å². The van der Waals surface area contributed by atoms with Gasteiger partial charge in [-0.25, -0.2) is 4.79 Å². The molecule has 0 amide bonds. The minimum Gasteiger partial charge on any atom is -0.467 e. The van der Waals surface area contributed by atoms with Crippen molar-refractivity contribution in [3.05, 3.63) is 60.2 Å². The number of carbonyl (C=O) groups excluding carboxylic acids is 1. The van der Waals surface area contributed by atoms with E-state index in [1.807, 2.05) is 42.5 Å². The normalized spacial score (nSPS) is 12.3. The summed E-state index contributed by atoms with van der Waals surface area (Å²) in [5.74, 6) is -0.331. The average molecular weight is 267 g/mol. The Hall–Kier alpha value is -2.42. The molecule has 0 aliphatic heterocycles. The van der Waals surface area contributed by atoms with E-state index < -0.39 is 6.04 Å². The summed E-state index contributed by atoms with van der Waals surface area (Å²) < 4.78 is 4.62. The molecule has 20 heavy (non-hydrogen) atoms. The van der Waals surface area contributed by atoms with Gasteiger partial charge in [-0.3, -0.25) is 4.99 Å². The molecule has 0 heterocycles. The third kappa shape index (κ3) is 3.54. The van der Waals surface area contributed by atoms with Crippen LogP contribution in [0.4, 0.5) is 0 Å². The van der Waals surface area contributed by atoms with Crippen LogP contribution in [0.3, 0.4) is 0 Å². The molecule has 0 saturated carbocycles. The molecule has 3 heteroatoms. The molecule has 0 N–H and O–H groups in total. The SMILES string of the molecule is COC(=O)C(C)N=Cc1ccc(-c2ccccc2)cc1. The van der Waals surface area contributed by atoms with E-state index in [0.29, 0.717) is 0 Å². The van der Waals surface area contributed by atoms with Gasteiger partial charge >= 0.3 is 5.97 Å². The lowest BCUT2D eigenvalue weighted by molar-refractivity contribution is -0.141. The van der Waals surface area contributed by atoms with E-state index in [1.165, 1.54) is 12.7 Å². The van der Waals surface area contributed by atoms with Gasteiger partial charge in [0.15, 0.2) is 0 Å². The number of esters is 1. The van der Waals surface area contributed by atoms with Crippen molar-refractivity contribution in [1.82, 2.24) is 0 Å². The van der Waals surface area contributed by atoms with Crippen LogP contribution in [0.2, 0.25) is 0 Å². The summed E-state index contributed by atoms with van der Waals surface area (Å²) in [7, 11) is 1.36. The van der Waals surface area contributed by atoms with Gasteiger partial charge in [-0.1, -0.05) is 54.6 Å². The van der Waals surface area contributed by atoms with Gasteiger partial charge in [0.1, 0.15) is 6.04 Å². The van der Waals surface area contributed by atoms with Crippen molar-refractivity contribution in [2.24, 2.45) is 4.99 Å². The largest absolute Gasteiger partial charge is 0.467 e. The van der Waals surface area contributed by atoms with Gasteiger partial charge in [0, 0.05) is 6.21 Å². The Kier molecular flexibility index (Phi) is 4.66. The van der Waals surface area contributed by atoms with E-state index in [-0.39, 0.29) is 5.97 Å². The Bertz CT molecular complexity index is 588. The highest BCUT2D eigenvalue weighted by molar-refractivity contribution is 5.84. The first-order valence-electron chi connectivity index (χ1n) is 6.47. The van der Waals surface area contributed by atoms with Crippen LogP contribution in [0.25, 0.3) is 11.1 Å². The number of methoxy groups -OCH3 is 1. The van der Waals surface area contributed by atoms with Crippen LogP contribution in [0.1, 0.15) is 12.5 Å². The average Bonchev–Trinajstić information content (AvgIpc) is 2.53. The zero-order valence-corrected chi connectivity index (χ0v) is 11.6. The fraction of sp³-hybridized carbons (Fsp3) is 0.176. The van der Waals surface area contributed by atoms with E-state index in [0.717, 1.165) is 11.1 Å². The van der Waals surface area contributed by atoms with Gasteiger partial charge in [-0.15, -0.1) is 0 Å². The molecule has 0 radical (unpaired) electrons. The Labute approximate surface area is 118 Å². The van der Waals surface area contributed by atoms with Crippen LogP contribution in [0, 0.1) is 0 Å². The van der Waals surface area contributed by atoms with Crippen molar-refractivity contribution < 1.29 is 9.53 Å². The highest BCUT2D eigenvalue weighted by atomic mass is 16.5. The highest BCUT2D eigenvalue weighted by Crippen LogP contribution is 2.18. The molecular formula is C17H17NO2. The van der Waals surface area contributed by atoms with Gasteiger partial charge in [-0.05, 0) is 23.6 Å². The minimum absolute atomic E-state index is 0.331. The molecule has 0 saturated heterocycles. The van der Waals surface area contributed by atoms with Gasteiger partial charge < -0.3 is 4.74 Å². The second kappa shape index (κ2) is 6.66. The number of aliphatic imine (C=N–C) groups is 1. The van der Waals surface area contributed by atoms with Crippen molar-refractivity contribution >= 4 is 12.2 Å². The molecule has 0 bridgehead atoms. The van der Waals surface area contributed by atoms with E-state index in [4.69, 9.17) is 0 Å². The molecule has 0 spiro atoms. The number of carbonyl (C=O) groups is 1. The second-order valence-corrected chi connectivity index (χ2v) is 4.47. The molecule has 0 aliphatic carbocycles. The monoisotopic (exact) mass is 267 g/mol. The Morgan fingerprint density at radius 3 is 2.25 bits per heavy atom. The fourth-order valence-corrected chi connectivity index (χ4v) is 1.82. The number of hydrogen-bond donors (Lipinski definition) is 0. The summed E-state index contributed by atoms with van der Waals surface area (Å²) in [6.45, 7) is 1.71. The summed E-state index contributed by atoms with van der Waals surface area (Å²) in [6, 6.07) is 17.7. The van der Waals surface area contributed by atoms with Crippen LogP contribution < -0.4 is 0 Å². The van der Waals surface area contributed by atoms with Crippen LogP contribution in [-0.2, 0) is 9.53 Å². The first kappa shape index (κ1) is 14.0.